The van der Waals surface area contributed by atoms with Gasteiger partial charge in [0.1, 0.15) is 12.7 Å². The molecule has 2 heterocycles. The van der Waals surface area contributed by atoms with E-state index in [0.717, 1.165) is 30.9 Å². The molecular weight excluding hydrogens is 316 g/mol. The zero-order chi connectivity index (χ0) is 17.5. The Bertz CT molecular complexity index is 666. The zero-order valence-corrected chi connectivity index (χ0v) is 14.7. The molecule has 0 aliphatic carbocycles. The Balaban J connectivity index is 1.55. The lowest BCUT2D eigenvalue weighted by atomic mass is 10.1. The molecule has 1 aliphatic rings. The van der Waals surface area contributed by atoms with Crippen LogP contribution >= 0.6 is 0 Å². The maximum absolute atomic E-state index is 12.3. The monoisotopic (exact) mass is 342 g/mol. The second-order valence-corrected chi connectivity index (χ2v) is 6.61. The molecule has 1 aliphatic heterocycles. The molecule has 2 amide bonds. The molecule has 0 radical (unpaired) electrons. The van der Waals surface area contributed by atoms with Crippen molar-refractivity contribution in [2.45, 2.75) is 45.3 Å². The molecule has 2 N–H and O–H groups in total. The van der Waals surface area contributed by atoms with E-state index in [4.69, 9.17) is 0 Å². The number of likely N-dealkylation sites (tertiary alicyclic amines) is 1. The van der Waals surface area contributed by atoms with Gasteiger partial charge in [0.15, 0.2) is 0 Å². The number of urea groups is 1. The van der Waals surface area contributed by atoms with Crippen molar-refractivity contribution in [3.05, 3.63) is 42.5 Å². The van der Waals surface area contributed by atoms with Gasteiger partial charge in [-0.05, 0) is 44.5 Å². The van der Waals surface area contributed by atoms with E-state index in [1.165, 1.54) is 25.6 Å². The van der Waals surface area contributed by atoms with Gasteiger partial charge in [0.25, 0.3) is 0 Å². The van der Waals surface area contributed by atoms with Crippen LogP contribution in [0.2, 0.25) is 0 Å². The highest BCUT2D eigenvalue weighted by atomic mass is 16.2. The van der Waals surface area contributed by atoms with Gasteiger partial charge in [0, 0.05) is 18.3 Å². The molecule has 1 saturated heterocycles. The van der Waals surface area contributed by atoms with E-state index in [1.54, 1.807) is 11.0 Å². The molecule has 1 atom stereocenters. The van der Waals surface area contributed by atoms with Gasteiger partial charge in [-0.2, -0.15) is 5.10 Å². The predicted octanol–water partition coefficient (Wildman–Crippen LogP) is 2.47. The van der Waals surface area contributed by atoms with Crippen molar-refractivity contribution in [3.63, 3.8) is 0 Å². The van der Waals surface area contributed by atoms with Gasteiger partial charge in [-0.3, -0.25) is 9.58 Å². The van der Waals surface area contributed by atoms with Crippen molar-refractivity contribution in [2.24, 2.45) is 0 Å². The summed E-state index contributed by atoms with van der Waals surface area (Å²) < 4.78 is 1.70. The van der Waals surface area contributed by atoms with Gasteiger partial charge in [-0.1, -0.05) is 24.6 Å². The molecular formula is C18H26N6O. The first-order valence-corrected chi connectivity index (χ1v) is 8.91. The number of amides is 2. The van der Waals surface area contributed by atoms with Gasteiger partial charge in [-0.15, -0.1) is 0 Å². The molecule has 0 saturated carbocycles. The molecule has 3 rings (SSSR count). The van der Waals surface area contributed by atoms with Crippen LogP contribution < -0.4 is 10.6 Å². The third kappa shape index (κ3) is 5.29. The first kappa shape index (κ1) is 17.4. The molecule has 25 heavy (non-hydrogen) atoms. The lowest BCUT2D eigenvalue weighted by Gasteiger charge is -2.27. The largest absolute Gasteiger partial charge is 0.334 e. The number of para-hydroxylation sites is 1. The number of aromatic nitrogens is 3. The Hall–Kier alpha value is -2.41. The third-order valence-electron chi connectivity index (χ3n) is 4.41. The minimum atomic E-state index is -0.196. The summed E-state index contributed by atoms with van der Waals surface area (Å²) in [6.07, 6.45) is 6.97. The number of piperidine rings is 1. The smallest absolute Gasteiger partial charge is 0.319 e. The van der Waals surface area contributed by atoms with Crippen LogP contribution in [0.25, 0.3) is 0 Å². The Morgan fingerprint density at radius 3 is 2.80 bits per heavy atom. The van der Waals surface area contributed by atoms with Gasteiger partial charge >= 0.3 is 6.03 Å². The lowest BCUT2D eigenvalue weighted by molar-refractivity contribution is 0.221. The summed E-state index contributed by atoms with van der Waals surface area (Å²) in [6.45, 7) is 5.68. The fraction of sp³-hybridized carbons (Fsp3) is 0.500. The molecule has 1 aromatic carbocycles. The van der Waals surface area contributed by atoms with Crippen LogP contribution in [0.4, 0.5) is 10.5 Å². The third-order valence-corrected chi connectivity index (χ3v) is 4.41. The summed E-state index contributed by atoms with van der Waals surface area (Å²) in [5.41, 5.74) is 2.03. The molecule has 1 aromatic heterocycles. The van der Waals surface area contributed by atoms with Crippen LogP contribution in [0.1, 0.15) is 31.7 Å². The van der Waals surface area contributed by atoms with Gasteiger partial charge in [0.05, 0.1) is 6.54 Å². The number of benzene rings is 1. The van der Waals surface area contributed by atoms with Crippen LogP contribution in [-0.2, 0) is 13.1 Å². The summed E-state index contributed by atoms with van der Waals surface area (Å²) in [5.74, 6) is 0. The van der Waals surface area contributed by atoms with Crippen LogP contribution in [0.5, 0.6) is 0 Å². The summed E-state index contributed by atoms with van der Waals surface area (Å²) in [5, 5.41) is 9.99. The van der Waals surface area contributed by atoms with Crippen molar-refractivity contribution >= 4 is 11.7 Å². The second kappa shape index (κ2) is 8.62. The zero-order valence-electron chi connectivity index (χ0n) is 14.7. The number of carbonyl (C=O) groups excluding carboxylic acids is 1. The van der Waals surface area contributed by atoms with Crippen molar-refractivity contribution in [2.75, 3.05) is 18.4 Å². The quantitative estimate of drug-likeness (QED) is 0.846. The van der Waals surface area contributed by atoms with E-state index in [1.807, 2.05) is 25.1 Å². The van der Waals surface area contributed by atoms with Crippen molar-refractivity contribution in [1.29, 1.82) is 0 Å². The van der Waals surface area contributed by atoms with Crippen LogP contribution in [-0.4, -0.2) is 44.8 Å². The van der Waals surface area contributed by atoms with Crippen molar-refractivity contribution in [1.82, 2.24) is 25.0 Å². The van der Waals surface area contributed by atoms with E-state index in [-0.39, 0.29) is 12.1 Å². The standard InChI is InChI=1S/C18H26N6O/c1-15(11-24-14-19-13-20-24)21-18(25)22-17-8-4-3-7-16(17)12-23-9-5-2-6-10-23/h3-4,7-8,13-15H,2,5-6,9-12H2,1H3,(H2,21,22,25). The number of carbonyl (C=O) groups is 1. The molecule has 0 bridgehead atoms. The molecule has 0 spiro atoms. The van der Waals surface area contributed by atoms with E-state index in [9.17, 15) is 4.79 Å². The summed E-state index contributed by atoms with van der Waals surface area (Å²) in [4.78, 5) is 18.7. The Morgan fingerprint density at radius 1 is 1.24 bits per heavy atom. The minimum Gasteiger partial charge on any atom is -0.334 e. The van der Waals surface area contributed by atoms with Crippen molar-refractivity contribution in [3.8, 4) is 0 Å². The van der Waals surface area contributed by atoms with Gasteiger partial charge in [-0.25, -0.2) is 9.78 Å². The fourth-order valence-electron chi connectivity index (χ4n) is 3.17. The number of rotatable bonds is 6. The van der Waals surface area contributed by atoms with E-state index < -0.39 is 0 Å². The average Bonchev–Trinajstić information content (AvgIpc) is 3.10. The van der Waals surface area contributed by atoms with Crippen LogP contribution in [0, 0.1) is 0 Å². The molecule has 2 aromatic rings. The topological polar surface area (TPSA) is 75.1 Å². The predicted molar refractivity (Wildman–Crippen MR) is 97.2 cm³/mol. The first-order valence-electron chi connectivity index (χ1n) is 8.91. The van der Waals surface area contributed by atoms with Gasteiger partial charge < -0.3 is 10.6 Å². The molecule has 7 nitrogen and oxygen atoms in total. The van der Waals surface area contributed by atoms with E-state index >= 15 is 0 Å². The second-order valence-electron chi connectivity index (χ2n) is 6.61. The number of nitrogens with zero attached hydrogens (tertiary/aromatic N) is 4. The maximum atomic E-state index is 12.3. The number of hydrogen-bond donors (Lipinski definition) is 2. The SMILES string of the molecule is CC(Cn1cncn1)NC(=O)Nc1ccccc1CN1CCCCC1. The van der Waals surface area contributed by atoms with E-state index in [0.29, 0.717) is 6.54 Å². The highest BCUT2D eigenvalue weighted by Crippen LogP contribution is 2.19. The summed E-state index contributed by atoms with van der Waals surface area (Å²) >= 11 is 0. The fourth-order valence-corrected chi connectivity index (χ4v) is 3.17. The van der Waals surface area contributed by atoms with Crippen molar-refractivity contribution < 1.29 is 4.79 Å². The lowest BCUT2D eigenvalue weighted by Crippen LogP contribution is -2.39. The number of anilines is 1. The molecule has 1 fully saturated rings. The molecule has 1 unspecified atom stereocenters. The number of nitrogens with one attached hydrogen (secondary N) is 2. The Kier molecular flexibility index (Phi) is 6.00. The number of hydrogen-bond acceptors (Lipinski definition) is 4. The maximum Gasteiger partial charge on any atom is 0.319 e. The minimum absolute atomic E-state index is 0.0454. The van der Waals surface area contributed by atoms with Crippen LogP contribution in [0.15, 0.2) is 36.9 Å². The molecule has 7 heteroatoms. The molecule has 134 valence electrons. The highest BCUT2D eigenvalue weighted by molar-refractivity contribution is 5.90. The Labute approximate surface area is 148 Å². The summed E-state index contributed by atoms with van der Waals surface area (Å²) in [7, 11) is 0. The first-order chi connectivity index (χ1) is 12.2. The average molecular weight is 342 g/mol. The van der Waals surface area contributed by atoms with Gasteiger partial charge in [0.2, 0.25) is 0 Å². The van der Waals surface area contributed by atoms with Crippen LogP contribution in [0.3, 0.4) is 0 Å². The Morgan fingerprint density at radius 2 is 2.04 bits per heavy atom. The highest BCUT2D eigenvalue weighted by Gasteiger charge is 2.14. The summed E-state index contributed by atoms with van der Waals surface area (Å²) in [6, 6.07) is 7.78. The van der Waals surface area contributed by atoms with E-state index in [2.05, 4.69) is 31.7 Å². The normalized spacial score (nSPS) is 16.4.